The van der Waals surface area contributed by atoms with Crippen molar-refractivity contribution in [2.75, 3.05) is 32.8 Å². The van der Waals surface area contributed by atoms with Crippen molar-refractivity contribution in [2.45, 2.75) is 32.2 Å². The summed E-state index contributed by atoms with van der Waals surface area (Å²) in [5, 5.41) is 1.94. The van der Waals surface area contributed by atoms with Crippen LogP contribution < -0.4 is 0 Å². The Morgan fingerprint density at radius 1 is 1.04 bits per heavy atom. The van der Waals surface area contributed by atoms with Gasteiger partial charge in [-0.25, -0.2) is 13.2 Å². The lowest BCUT2D eigenvalue weighted by Crippen LogP contribution is -2.38. The summed E-state index contributed by atoms with van der Waals surface area (Å²) >= 11 is 1.54. The summed E-state index contributed by atoms with van der Waals surface area (Å²) in [7, 11) is -3.68. The van der Waals surface area contributed by atoms with Crippen LogP contribution in [0.4, 0.5) is 0 Å². The van der Waals surface area contributed by atoms with Crippen LogP contribution in [-0.4, -0.2) is 56.4 Å². The zero-order chi connectivity index (χ0) is 20.6. The van der Waals surface area contributed by atoms with E-state index in [2.05, 4.69) is 18.7 Å². The van der Waals surface area contributed by atoms with Crippen LogP contribution in [-0.2, 0) is 21.3 Å². The van der Waals surface area contributed by atoms with Gasteiger partial charge in [0.1, 0.15) is 0 Å². The fraction of sp³-hybridized carbons (Fsp3) is 0.450. The van der Waals surface area contributed by atoms with E-state index in [9.17, 15) is 13.2 Å². The highest BCUT2D eigenvalue weighted by molar-refractivity contribution is 7.89. The number of ether oxygens (including phenoxy) is 1. The normalized spacial score (nSPS) is 11.9. The van der Waals surface area contributed by atoms with Gasteiger partial charge in [-0.1, -0.05) is 19.9 Å². The molecule has 2 aromatic rings. The van der Waals surface area contributed by atoms with Gasteiger partial charge in [-0.3, -0.25) is 0 Å². The summed E-state index contributed by atoms with van der Waals surface area (Å²) in [6, 6.07) is 9.80. The predicted molar refractivity (Wildman–Crippen MR) is 112 cm³/mol. The molecule has 1 heterocycles. The molecule has 0 spiro atoms. The predicted octanol–water partition coefficient (Wildman–Crippen LogP) is 3.46. The van der Waals surface area contributed by atoms with Crippen LogP contribution in [0.15, 0.2) is 46.7 Å². The van der Waals surface area contributed by atoms with Crippen LogP contribution in [0.1, 0.15) is 36.0 Å². The SMILES string of the molecule is CCOC(=O)c1ccc(S(=O)(=O)N(CCN(CC)CC)Cc2cccs2)cc1. The summed E-state index contributed by atoms with van der Waals surface area (Å²) in [5.41, 5.74) is 0.341. The first-order valence-electron chi connectivity index (χ1n) is 9.44. The molecule has 0 aliphatic heterocycles. The van der Waals surface area contributed by atoms with Gasteiger partial charge in [0.25, 0.3) is 0 Å². The lowest BCUT2D eigenvalue weighted by molar-refractivity contribution is 0.0526. The van der Waals surface area contributed by atoms with Gasteiger partial charge in [-0.15, -0.1) is 11.3 Å². The third-order valence-corrected chi connectivity index (χ3v) is 7.20. The van der Waals surface area contributed by atoms with Crippen LogP contribution in [0.25, 0.3) is 0 Å². The number of carbonyl (C=O) groups excluding carboxylic acids is 1. The van der Waals surface area contributed by atoms with Crippen molar-refractivity contribution in [2.24, 2.45) is 0 Å². The number of rotatable bonds is 11. The second kappa shape index (κ2) is 10.7. The zero-order valence-electron chi connectivity index (χ0n) is 16.6. The van der Waals surface area contributed by atoms with Gasteiger partial charge >= 0.3 is 5.97 Å². The van der Waals surface area contributed by atoms with Crippen LogP contribution in [0.5, 0.6) is 0 Å². The molecular formula is C20H28N2O4S2. The molecule has 0 N–H and O–H groups in total. The maximum Gasteiger partial charge on any atom is 0.338 e. The minimum atomic E-state index is -3.68. The Kier molecular flexibility index (Phi) is 8.62. The second-order valence-corrected chi connectivity index (χ2v) is 9.16. The lowest BCUT2D eigenvalue weighted by Gasteiger charge is -2.25. The molecular weight excluding hydrogens is 396 g/mol. The molecule has 0 bridgehead atoms. The number of nitrogens with zero attached hydrogens (tertiary/aromatic N) is 2. The molecule has 1 aromatic carbocycles. The van der Waals surface area contributed by atoms with E-state index in [1.807, 2.05) is 17.5 Å². The molecule has 0 fully saturated rings. The van der Waals surface area contributed by atoms with E-state index < -0.39 is 16.0 Å². The van der Waals surface area contributed by atoms with Gasteiger partial charge in [0.15, 0.2) is 0 Å². The van der Waals surface area contributed by atoms with Crippen LogP contribution >= 0.6 is 11.3 Å². The highest BCUT2D eigenvalue weighted by Crippen LogP contribution is 2.21. The van der Waals surface area contributed by atoms with Crippen LogP contribution in [0.3, 0.4) is 0 Å². The van der Waals surface area contributed by atoms with E-state index in [-0.39, 0.29) is 11.5 Å². The number of hydrogen-bond donors (Lipinski definition) is 0. The number of benzene rings is 1. The topological polar surface area (TPSA) is 66.9 Å². The fourth-order valence-corrected chi connectivity index (χ4v) is 4.99. The number of thiophene rings is 1. The maximum absolute atomic E-state index is 13.3. The number of hydrogen-bond acceptors (Lipinski definition) is 6. The van der Waals surface area contributed by atoms with E-state index in [0.29, 0.717) is 25.2 Å². The standard InChI is InChI=1S/C20H28N2O4S2/c1-4-21(5-2)13-14-22(16-18-8-7-15-27-18)28(24,25)19-11-9-17(10-12-19)20(23)26-6-3/h7-12,15H,4-6,13-14,16H2,1-3H3. The summed E-state index contributed by atoms with van der Waals surface area (Å²) in [4.78, 5) is 15.2. The molecule has 0 radical (unpaired) electrons. The Bertz CT molecular complexity index is 830. The monoisotopic (exact) mass is 424 g/mol. The molecule has 0 saturated carbocycles. The van der Waals surface area contributed by atoms with Crippen molar-refractivity contribution in [1.29, 1.82) is 0 Å². The van der Waals surface area contributed by atoms with Crippen molar-refractivity contribution in [3.63, 3.8) is 0 Å². The lowest BCUT2D eigenvalue weighted by atomic mass is 10.2. The van der Waals surface area contributed by atoms with Gasteiger partial charge < -0.3 is 9.64 Å². The van der Waals surface area contributed by atoms with Crippen molar-refractivity contribution < 1.29 is 17.9 Å². The van der Waals surface area contributed by atoms with Crippen molar-refractivity contribution >= 4 is 27.3 Å². The number of likely N-dealkylation sites (N-methyl/N-ethyl adjacent to an activating group) is 1. The number of esters is 1. The molecule has 0 amide bonds. The Balaban J connectivity index is 2.24. The molecule has 8 heteroatoms. The number of sulfonamides is 1. The van der Waals surface area contributed by atoms with Gasteiger partial charge in [0, 0.05) is 24.5 Å². The minimum Gasteiger partial charge on any atom is -0.462 e. The summed E-state index contributed by atoms with van der Waals surface area (Å²) in [5.74, 6) is -0.455. The molecule has 0 saturated heterocycles. The Hall–Kier alpha value is -1.74. The molecule has 0 aliphatic rings. The Morgan fingerprint density at radius 2 is 1.71 bits per heavy atom. The molecule has 0 atom stereocenters. The summed E-state index contributed by atoms with van der Waals surface area (Å²) in [6.07, 6.45) is 0. The van der Waals surface area contributed by atoms with Crippen molar-refractivity contribution in [3.05, 3.63) is 52.2 Å². The van der Waals surface area contributed by atoms with Crippen molar-refractivity contribution in [1.82, 2.24) is 9.21 Å². The van der Waals surface area contributed by atoms with E-state index in [1.165, 1.54) is 39.9 Å². The van der Waals surface area contributed by atoms with Crippen LogP contribution in [0, 0.1) is 0 Å². The molecule has 154 valence electrons. The number of carbonyl (C=O) groups is 1. The van der Waals surface area contributed by atoms with Crippen LogP contribution in [0.2, 0.25) is 0 Å². The highest BCUT2D eigenvalue weighted by Gasteiger charge is 2.25. The van der Waals surface area contributed by atoms with Gasteiger partial charge in [0.05, 0.1) is 17.1 Å². The van der Waals surface area contributed by atoms with E-state index in [1.54, 1.807) is 6.92 Å². The Morgan fingerprint density at radius 3 is 2.25 bits per heavy atom. The average Bonchev–Trinajstić information content (AvgIpc) is 3.21. The highest BCUT2D eigenvalue weighted by atomic mass is 32.2. The quantitative estimate of drug-likeness (QED) is 0.517. The molecule has 6 nitrogen and oxygen atoms in total. The van der Waals surface area contributed by atoms with Gasteiger partial charge in [-0.2, -0.15) is 4.31 Å². The van der Waals surface area contributed by atoms with E-state index in [0.717, 1.165) is 18.0 Å². The first-order valence-corrected chi connectivity index (χ1v) is 11.8. The average molecular weight is 425 g/mol. The molecule has 28 heavy (non-hydrogen) atoms. The fourth-order valence-electron chi connectivity index (χ4n) is 2.78. The Labute approximate surface area is 171 Å². The molecule has 0 unspecified atom stereocenters. The third-order valence-electron chi connectivity index (χ3n) is 4.48. The maximum atomic E-state index is 13.3. The molecule has 0 aliphatic carbocycles. The summed E-state index contributed by atoms with van der Waals surface area (Å²) in [6.45, 7) is 9.29. The van der Waals surface area contributed by atoms with Gasteiger partial charge in [-0.05, 0) is 55.7 Å². The smallest absolute Gasteiger partial charge is 0.338 e. The largest absolute Gasteiger partial charge is 0.462 e. The van der Waals surface area contributed by atoms with Gasteiger partial charge in [0.2, 0.25) is 10.0 Å². The first kappa shape index (κ1) is 22.5. The van der Waals surface area contributed by atoms with Crippen molar-refractivity contribution in [3.8, 4) is 0 Å². The zero-order valence-corrected chi connectivity index (χ0v) is 18.3. The second-order valence-electron chi connectivity index (χ2n) is 6.19. The van der Waals surface area contributed by atoms with E-state index >= 15 is 0 Å². The first-order chi connectivity index (χ1) is 13.4. The summed E-state index contributed by atoms with van der Waals surface area (Å²) < 4.78 is 33.0. The molecule has 1 aromatic heterocycles. The van der Waals surface area contributed by atoms with E-state index in [4.69, 9.17) is 4.74 Å². The minimum absolute atomic E-state index is 0.177. The molecule has 2 rings (SSSR count). The third kappa shape index (κ3) is 5.88.